The van der Waals surface area contributed by atoms with Crippen LogP contribution in [0.25, 0.3) is 11.3 Å². The van der Waals surface area contributed by atoms with Crippen LogP contribution in [-0.4, -0.2) is 33.7 Å². The number of nitriles is 1. The Bertz CT molecular complexity index is 1120. The molecule has 0 spiro atoms. The number of thioether (sulfide) groups is 1. The zero-order valence-corrected chi connectivity index (χ0v) is 16.8. The first-order valence-corrected chi connectivity index (χ1v) is 9.67. The first-order chi connectivity index (χ1) is 14.8. The first-order valence-electron chi connectivity index (χ1n) is 8.68. The number of ether oxygens (including phenoxy) is 1. The highest BCUT2D eigenvalue weighted by Gasteiger charge is 2.36. The Labute approximate surface area is 179 Å². The summed E-state index contributed by atoms with van der Waals surface area (Å²) in [6.45, 7) is 0. The van der Waals surface area contributed by atoms with Gasteiger partial charge in [-0.1, -0.05) is 11.8 Å². The summed E-state index contributed by atoms with van der Waals surface area (Å²) in [5, 5.41) is 11.6. The van der Waals surface area contributed by atoms with Gasteiger partial charge in [0.05, 0.1) is 29.7 Å². The molecule has 31 heavy (non-hydrogen) atoms. The molecule has 1 aromatic carbocycles. The van der Waals surface area contributed by atoms with E-state index < -0.39 is 23.2 Å². The Hall–Kier alpha value is -3.65. The molecule has 0 aliphatic heterocycles. The van der Waals surface area contributed by atoms with Gasteiger partial charge in [0.1, 0.15) is 16.8 Å². The average molecular weight is 445 g/mol. The fraction of sp³-hybridized carbons (Fsp3) is 0.150. The summed E-state index contributed by atoms with van der Waals surface area (Å²) in [5.41, 5.74) is -1.34. The number of hydrogen-bond acceptors (Lipinski definition) is 7. The van der Waals surface area contributed by atoms with Gasteiger partial charge in [-0.15, -0.1) is 0 Å². The van der Waals surface area contributed by atoms with Crippen LogP contribution >= 0.6 is 11.8 Å². The molecule has 3 rings (SSSR count). The van der Waals surface area contributed by atoms with Crippen LogP contribution in [0, 0.1) is 11.3 Å². The number of aromatic nitrogens is 3. The van der Waals surface area contributed by atoms with Gasteiger partial charge in [-0.05, 0) is 36.4 Å². The van der Waals surface area contributed by atoms with E-state index in [0.717, 1.165) is 17.8 Å². The van der Waals surface area contributed by atoms with Crippen molar-refractivity contribution >= 4 is 23.6 Å². The second-order valence-corrected chi connectivity index (χ2v) is 6.95. The van der Waals surface area contributed by atoms with Crippen molar-refractivity contribution in [3.8, 4) is 23.1 Å². The molecule has 1 amide bonds. The van der Waals surface area contributed by atoms with Crippen LogP contribution in [0.15, 0.2) is 53.8 Å². The molecule has 3 aromatic rings. The van der Waals surface area contributed by atoms with Crippen molar-refractivity contribution in [3.05, 3.63) is 59.9 Å². The second kappa shape index (κ2) is 9.44. The van der Waals surface area contributed by atoms with Gasteiger partial charge < -0.3 is 4.74 Å². The van der Waals surface area contributed by atoms with E-state index in [0.29, 0.717) is 11.3 Å². The lowest BCUT2D eigenvalue weighted by atomic mass is 10.1. The number of anilines is 1. The van der Waals surface area contributed by atoms with Gasteiger partial charge in [-0.25, -0.2) is 15.0 Å². The Morgan fingerprint density at radius 1 is 1.23 bits per heavy atom. The van der Waals surface area contributed by atoms with Gasteiger partial charge in [0.25, 0.3) is 0 Å². The van der Waals surface area contributed by atoms with E-state index >= 15 is 0 Å². The number of nitrogens with zero attached hydrogens (tertiary/aromatic N) is 4. The molecule has 2 heterocycles. The molecule has 0 fully saturated rings. The predicted molar refractivity (Wildman–Crippen MR) is 107 cm³/mol. The minimum Gasteiger partial charge on any atom is -0.497 e. The maximum Gasteiger partial charge on any atom is 0.417 e. The number of methoxy groups -OCH3 is 1. The van der Waals surface area contributed by atoms with Gasteiger partial charge in [0, 0.05) is 18.0 Å². The number of hydrogen-bond donors (Lipinski definition) is 1. The van der Waals surface area contributed by atoms with Crippen molar-refractivity contribution in [2.45, 2.75) is 11.2 Å². The quantitative estimate of drug-likeness (QED) is 0.569. The van der Waals surface area contributed by atoms with Crippen LogP contribution in [0.3, 0.4) is 0 Å². The van der Waals surface area contributed by atoms with Gasteiger partial charge >= 0.3 is 6.18 Å². The van der Waals surface area contributed by atoms with Gasteiger partial charge in [0.2, 0.25) is 11.9 Å². The summed E-state index contributed by atoms with van der Waals surface area (Å²) in [6.07, 6.45) is -1.91. The largest absolute Gasteiger partial charge is 0.497 e. The highest BCUT2D eigenvalue weighted by atomic mass is 32.2. The summed E-state index contributed by atoms with van der Waals surface area (Å²) in [7, 11) is 1.47. The third-order valence-corrected chi connectivity index (χ3v) is 4.92. The number of nitrogens with one attached hydrogen (secondary N) is 1. The zero-order chi connectivity index (χ0) is 22.4. The molecule has 0 bridgehead atoms. The SMILES string of the molecule is COc1ccc(-c2cc(C(F)(F)F)c(C#N)c(SCC(=O)Nc3ncccn3)n2)cc1. The third kappa shape index (κ3) is 5.49. The molecule has 2 aromatic heterocycles. The minimum atomic E-state index is -4.77. The van der Waals surface area contributed by atoms with Crippen molar-refractivity contribution in [1.29, 1.82) is 5.26 Å². The van der Waals surface area contributed by atoms with Crippen LogP contribution in [-0.2, 0) is 11.0 Å². The van der Waals surface area contributed by atoms with Crippen molar-refractivity contribution in [2.75, 3.05) is 18.2 Å². The van der Waals surface area contributed by atoms with Crippen LogP contribution in [0.1, 0.15) is 11.1 Å². The molecule has 0 aliphatic rings. The number of halogens is 3. The van der Waals surface area contributed by atoms with Gasteiger partial charge in [-0.2, -0.15) is 18.4 Å². The summed E-state index contributed by atoms with van der Waals surface area (Å²) >= 11 is 0.720. The highest BCUT2D eigenvalue weighted by Crippen LogP contribution is 2.38. The van der Waals surface area contributed by atoms with E-state index in [1.807, 2.05) is 0 Å². The molecule has 0 atom stereocenters. The standard InChI is InChI=1S/C20H14F3N5O2S/c1-30-13-5-3-12(4-6-13)16-9-15(20(21,22)23)14(10-24)18(27-16)31-11-17(29)28-19-25-7-2-8-26-19/h2-9H,11H2,1H3,(H,25,26,28,29). The summed E-state index contributed by atoms with van der Waals surface area (Å²) in [6, 6.07) is 10.2. The number of carbonyl (C=O) groups is 1. The van der Waals surface area contributed by atoms with Crippen LogP contribution in [0.2, 0.25) is 0 Å². The number of carbonyl (C=O) groups excluding carboxylic acids is 1. The topological polar surface area (TPSA) is 101 Å². The van der Waals surface area contributed by atoms with Crippen molar-refractivity contribution < 1.29 is 22.7 Å². The predicted octanol–water partition coefficient (Wildman–Crippen LogP) is 4.17. The number of rotatable bonds is 6. The van der Waals surface area contributed by atoms with E-state index in [-0.39, 0.29) is 22.4 Å². The van der Waals surface area contributed by atoms with Gasteiger partial charge in [-0.3, -0.25) is 10.1 Å². The fourth-order valence-electron chi connectivity index (χ4n) is 2.53. The van der Waals surface area contributed by atoms with Gasteiger partial charge in [0.15, 0.2) is 0 Å². The number of alkyl halides is 3. The maximum atomic E-state index is 13.6. The number of pyridine rings is 1. The second-order valence-electron chi connectivity index (χ2n) is 5.98. The molecule has 0 unspecified atom stereocenters. The number of benzene rings is 1. The molecular weight excluding hydrogens is 431 g/mol. The average Bonchev–Trinajstić information content (AvgIpc) is 2.77. The normalized spacial score (nSPS) is 10.9. The molecule has 0 aliphatic carbocycles. The Morgan fingerprint density at radius 2 is 1.90 bits per heavy atom. The fourth-order valence-corrected chi connectivity index (χ4v) is 3.33. The minimum absolute atomic E-state index is 0.0169. The van der Waals surface area contributed by atoms with E-state index in [2.05, 4.69) is 20.3 Å². The molecule has 0 saturated carbocycles. The highest BCUT2D eigenvalue weighted by molar-refractivity contribution is 8.00. The molecule has 0 radical (unpaired) electrons. The van der Waals surface area contributed by atoms with E-state index in [1.54, 1.807) is 36.4 Å². The lowest BCUT2D eigenvalue weighted by Crippen LogP contribution is -2.16. The van der Waals surface area contributed by atoms with E-state index in [4.69, 9.17) is 4.74 Å². The van der Waals surface area contributed by atoms with E-state index in [1.165, 1.54) is 19.5 Å². The zero-order valence-electron chi connectivity index (χ0n) is 16.0. The van der Waals surface area contributed by atoms with Crippen molar-refractivity contribution in [2.24, 2.45) is 0 Å². The summed E-state index contributed by atoms with van der Waals surface area (Å²) in [4.78, 5) is 24.0. The van der Waals surface area contributed by atoms with Crippen LogP contribution in [0.4, 0.5) is 19.1 Å². The van der Waals surface area contributed by atoms with Crippen LogP contribution < -0.4 is 10.1 Å². The Balaban J connectivity index is 1.93. The molecule has 11 heteroatoms. The Kier molecular flexibility index (Phi) is 6.71. The molecule has 1 N–H and O–H groups in total. The lowest BCUT2D eigenvalue weighted by Gasteiger charge is -2.14. The maximum absolute atomic E-state index is 13.6. The monoisotopic (exact) mass is 445 g/mol. The number of amides is 1. The third-order valence-electron chi connectivity index (χ3n) is 3.95. The first kappa shape index (κ1) is 22.0. The van der Waals surface area contributed by atoms with E-state index in [9.17, 15) is 23.2 Å². The molecule has 7 nitrogen and oxygen atoms in total. The summed E-state index contributed by atoms with van der Waals surface area (Å²) in [5.74, 6) is -0.249. The molecular formula is C20H14F3N5O2S. The molecule has 0 saturated heterocycles. The van der Waals surface area contributed by atoms with Crippen molar-refractivity contribution in [3.63, 3.8) is 0 Å². The van der Waals surface area contributed by atoms with Crippen LogP contribution in [0.5, 0.6) is 5.75 Å². The molecule has 158 valence electrons. The van der Waals surface area contributed by atoms with Crippen molar-refractivity contribution in [1.82, 2.24) is 15.0 Å². The lowest BCUT2D eigenvalue weighted by molar-refractivity contribution is -0.138. The Morgan fingerprint density at radius 3 is 2.48 bits per heavy atom. The smallest absolute Gasteiger partial charge is 0.417 e. The summed E-state index contributed by atoms with van der Waals surface area (Å²) < 4.78 is 45.9.